The first-order valence-electron chi connectivity index (χ1n) is 6.79. The van der Waals surface area contributed by atoms with Crippen LogP contribution in [0.1, 0.15) is 18.9 Å². The Bertz CT molecular complexity index is 397. The maximum absolute atomic E-state index is 6.00. The highest BCUT2D eigenvalue weighted by Gasteiger charge is 2.42. The van der Waals surface area contributed by atoms with Gasteiger partial charge in [0.1, 0.15) is 18.0 Å². The number of benzene rings is 1. The molecule has 3 atom stereocenters. The average molecular weight is 265 g/mol. The van der Waals surface area contributed by atoms with Gasteiger partial charge in [-0.05, 0) is 24.2 Å². The van der Waals surface area contributed by atoms with Gasteiger partial charge in [-0.1, -0.05) is 19.1 Å². The van der Waals surface area contributed by atoms with E-state index in [1.54, 1.807) is 14.2 Å². The van der Waals surface area contributed by atoms with E-state index in [2.05, 4.69) is 12.2 Å². The normalized spacial score (nSPS) is 25.9. The second-order valence-corrected chi connectivity index (χ2v) is 4.84. The first-order valence-corrected chi connectivity index (χ1v) is 6.79. The lowest BCUT2D eigenvalue weighted by Gasteiger charge is -2.43. The Balaban J connectivity index is 1.92. The van der Waals surface area contributed by atoms with Gasteiger partial charge >= 0.3 is 0 Å². The quantitative estimate of drug-likeness (QED) is 0.818. The van der Waals surface area contributed by atoms with Crippen LogP contribution in [0.4, 0.5) is 0 Å². The van der Waals surface area contributed by atoms with Crippen LogP contribution < -0.4 is 10.1 Å². The van der Waals surface area contributed by atoms with Crippen LogP contribution >= 0.6 is 0 Å². The van der Waals surface area contributed by atoms with E-state index in [0.29, 0.717) is 12.6 Å². The Kier molecular flexibility index (Phi) is 5.19. The molecule has 1 aliphatic rings. The van der Waals surface area contributed by atoms with Crippen molar-refractivity contribution in [3.05, 3.63) is 29.8 Å². The van der Waals surface area contributed by atoms with Crippen molar-refractivity contribution in [3.8, 4) is 5.75 Å². The van der Waals surface area contributed by atoms with Crippen LogP contribution in [0.5, 0.6) is 5.75 Å². The van der Waals surface area contributed by atoms with Crippen LogP contribution in [-0.4, -0.2) is 39.0 Å². The summed E-state index contributed by atoms with van der Waals surface area (Å²) in [6, 6.07) is 8.43. The highest BCUT2D eigenvalue weighted by molar-refractivity contribution is 5.28. The van der Waals surface area contributed by atoms with E-state index in [0.717, 1.165) is 24.3 Å². The molecule has 4 heteroatoms. The molecule has 19 heavy (non-hydrogen) atoms. The maximum atomic E-state index is 6.00. The molecule has 4 nitrogen and oxygen atoms in total. The minimum absolute atomic E-state index is 0.131. The molecule has 106 valence electrons. The van der Waals surface area contributed by atoms with Crippen molar-refractivity contribution in [2.45, 2.75) is 38.2 Å². The molecule has 0 spiro atoms. The lowest BCUT2D eigenvalue weighted by molar-refractivity contribution is -0.0884. The van der Waals surface area contributed by atoms with Crippen LogP contribution in [0.25, 0.3) is 0 Å². The van der Waals surface area contributed by atoms with E-state index >= 15 is 0 Å². The fourth-order valence-corrected chi connectivity index (χ4v) is 2.52. The standard InChI is InChI=1S/C15H23NO3/c1-4-16-13-9-14(15(13)18-3)19-12-7-5-6-11(8-12)10-17-2/h5-8,13-16H,4,9-10H2,1-3H3. The van der Waals surface area contributed by atoms with Crippen molar-refractivity contribution >= 4 is 0 Å². The summed E-state index contributed by atoms with van der Waals surface area (Å²) in [5.41, 5.74) is 1.12. The van der Waals surface area contributed by atoms with Gasteiger partial charge in [0, 0.05) is 26.7 Å². The summed E-state index contributed by atoms with van der Waals surface area (Å²) >= 11 is 0. The number of nitrogens with one attached hydrogen (secondary N) is 1. The minimum atomic E-state index is 0.131. The zero-order valence-corrected chi connectivity index (χ0v) is 11.9. The van der Waals surface area contributed by atoms with Crippen molar-refractivity contribution in [3.63, 3.8) is 0 Å². The van der Waals surface area contributed by atoms with Gasteiger partial charge in [0.25, 0.3) is 0 Å². The Hall–Kier alpha value is -1.10. The third-order valence-electron chi connectivity index (χ3n) is 3.48. The Labute approximate surface area is 115 Å². The fraction of sp³-hybridized carbons (Fsp3) is 0.600. The molecule has 1 N–H and O–H groups in total. The van der Waals surface area contributed by atoms with Gasteiger partial charge in [-0.3, -0.25) is 0 Å². The molecule has 1 fully saturated rings. The molecule has 1 aliphatic carbocycles. The molecule has 2 rings (SSSR count). The lowest BCUT2D eigenvalue weighted by Crippen LogP contribution is -2.60. The van der Waals surface area contributed by atoms with Gasteiger partial charge in [-0.25, -0.2) is 0 Å². The molecule has 1 aromatic rings. The first-order chi connectivity index (χ1) is 9.28. The molecule has 0 saturated heterocycles. The summed E-state index contributed by atoms with van der Waals surface area (Å²) in [7, 11) is 3.44. The van der Waals surface area contributed by atoms with Gasteiger partial charge < -0.3 is 19.5 Å². The van der Waals surface area contributed by atoms with Crippen LogP contribution in [0.15, 0.2) is 24.3 Å². The SMILES string of the molecule is CCNC1CC(Oc2cccc(COC)c2)C1OC. The zero-order chi connectivity index (χ0) is 13.7. The minimum Gasteiger partial charge on any atom is -0.488 e. The smallest absolute Gasteiger partial charge is 0.128 e. The van der Waals surface area contributed by atoms with Gasteiger partial charge in [-0.15, -0.1) is 0 Å². The van der Waals surface area contributed by atoms with Gasteiger partial charge in [0.05, 0.1) is 6.61 Å². The first kappa shape index (κ1) is 14.3. The zero-order valence-electron chi connectivity index (χ0n) is 11.9. The number of methoxy groups -OCH3 is 2. The third-order valence-corrected chi connectivity index (χ3v) is 3.48. The van der Waals surface area contributed by atoms with Crippen molar-refractivity contribution < 1.29 is 14.2 Å². The third kappa shape index (κ3) is 3.47. The topological polar surface area (TPSA) is 39.7 Å². The monoisotopic (exact) mass is 265 g/mol. The average Bonchev–Trinajstić information content (AvgIpc) is 2.39. The van der Waals surface area contributed by atoms with Crippen molar-refractivity contribution in [2.24, 2.45) is 0 Å². The van der Waals surface area contributed by atoms with Crippen molar-refractivity contribution in [2.75, 3.05) is 20.8 Å². The highest BCUT2D eigenvalue weighted by Crippen LogP contribution is 2.29. The Morgan fingerprint density at radius 1 is 1.32 bits per heavy atom. The number of likely N-dealkylation sites (N-methyl/N-ethyl adjacent to an activating group) is 1. The maximum Gasteiger partial charge on any atom is 0.128 e. The van der Waals surface area contributed by atoms with Crippen LogP contribution in [-0.2, 0) is 16.1 Å². The van der Waals surface area contributed by atoms with Gasteiger partial charge in [0.15, 0.2) is 0 Å². The van der Waals surface area contributed by atoms with E-state index < -0.39 is 0 Å². The van der Waals surface area contributed by atoms with E-state index in [1.165, 1.54) is 0 Å². The number of hydrogen-bond acceptors (Lipinski definition) is 4. The Morgan fingerprint density at radius 2 is 2.16 bits per heavy atom. The fourth-order valence-electron chi connectivity index (χ4n) is 2.52. The van der Waals surface area contributed by atoms with Crippen molar-refractivity contribution in [1.82, 2.24) is 5.32 Å². The molecular weight excluding hydrogens is 242 g/mol. The van der Waals surface area contributed by atoms with Crippen LogP contribution in [0.3, 0.4) is 0 Å². The molecular formula is C15H23NO3. The van der Waals surface area contributed by atoms with Gasteiger partial charge in [-0.2, -0.15) is 0 Å². The number of rotatable bonds is 7. The van der Waals surface area contributed by atoms with E-state index in [1.807, 2.05) is 24.3 Å². The predicted octanol–water partition coefficient (Wildman–Crippen LogP) is 1.98. The second-order valence-electron chi connectivity index (χ2n) is 4.84. The summed E-state index contributed by atoms with van der Waals surface area (Å²) in [6.45, 7) is 3.67. The molecule has 1 aromatic carbocycles. The second kappa shape index (κ2) is 6.89. The molecule has 0 aromatic heterocycles. The summed E-state index contributed by atoms with van der Waals surface area (Å²) in [5.74, 6) is 0.886. The molecule has 0 radical (unpaired) electrons. The molecule has 0 heterocycles. The van der Waals surface area contributed by atoms with Crippen LogP contribution in [0.2, 0.25) is 0 Å². The summed E-state index contributed by atoms with van der Waals surface area (Å²) < 4.78 is 16.6. The molecule has 0 aliphatic heterocycles. The summed E-state index contributed by atoms with van der Waals surface area (Å²) in [4.78, 5) is 0. The van der Waals surface area contributed by atoms with Gasteiger partial charge in [0.2, 0.25) is 0 Å². The van der Waals surface area contributed by atoms with E-state index in [-0.39, 0.29) is 12.2 Å². The van der Waals surface area contributed by atoms with E-state index in [4.69, 9.17) is 14.2 Å². The number of ether oxygens (including phenoxy) is 3. The number of hydrogen-bond donors (Lipinski definition) is 1. The van der Waals surface area contributed by atoms with Crippen molar-refractivity contribution in [1.29, 1.82) is 0 Å². The molecule has 1 saturated carbocycles. The lowest BCUT2D eigenvalue weighted by atomic mass is 9.85. The molecule has 3 unspecified atom stereocenters. The Morgan fingerprint density at radius 3 is 2.84 bits per heavy atom. The predicted molar refractivity (Wildman–Crippen MR) is 74.4 cm³/mol. The van der Waals surface area contributed by atoms with E-state index in [9.17, 15) is 0 Å². The molecule has 0 bridgehead atoms. The van der Waals surface area contributed by atoms with Crippen LogP contribution in [0, 0.1) is 0 Å². The highest BCUT2D eigenvalue weighted by atomic mass is 16.5. The summed E-state index contributed by atoms with van der Waals surface area (Å²) in [5, 5.41) is 3.41. The molecule has 0 amide bonds. The largest absolute Gasteiger partial charge is 0.488 e. The summed E-state index contributed by atoms with van der Waals surface area (Å²) in [6.07, 6.45) is 1.25.